The van der Waals surface area contributed by atoms with Crippen molar-refractivity contribution in [3.05, 3.63) is 161 Å². The summed E-state index contributed by atoms with van der Waals surface area (Å²) in [7, 11) is 0. The molecule has 5 heteroatoms. The first kappa shape index (κ1) is 31.2. The van der Waals surface area contributed by atoms with E-state index < -0.39 is 0 Å². The average molecular weight is 654 g/mol. The molecule has 0 saturated heterocycles. The molecule has 0 aliphatic rings. The molecule has 0 N–H and O–H groups in total. The summed E-state index contributed by atoms with van der Waals surface area (Å²) in [6, 6.07) is 52.2. The van der Waals surface area contributed by atoms with Crippen molar-refractivity contribution < 1.29 is 0 Å². The van der Waals surface area contributed by atoms with E-state index in [1.54, 1.807) is 6.07 Å². The first-order valence-electron chi connectivity index (χ1n) is 16.9. The molecule has 0 fully saturated rings. The summed E-state index contributed by atoms with van der Waals surface area (Å²) in [5.41, 5.74) is 11.9. The first-order valence-corrected chi connectivity index (χ1v) is 16.9. The number of nitriles is 3. The number of aromatic nitrogens is 2. The lowest BCUT2D eigenvalue weighted by molar-refractivity contribution is 1.05. The minimum atomic E-state index is 0.333. The predicted molar refractivity (Wildman–Crippen MR) is 207 cm³/mol. The number of para-hydroxylation sites is 3. The predicted octanol–water partition coefficient (Wildman–Crippen LogP) is 11.4. The minimum absolute atomic E-state index is 0.333. The lowest BCUT2D eigenvalue weighted by atomic mass is 9.88. The van der Waals surface area contributed by atoms with Gasteiger partial charge in [0.05, 0.1) is 39.4 Å². The van der Waals surface area contributed by atoms with Crippen molar-refractivity contribution in [2.75, 3.05) is 0 Å². The summed E-state index contributed by atoms with van der Waals surface area (Å²) >= 11 is 0. The van der Waals surface area contributed by atoms with Crippen LogP contribution in [0.4, 0.5) is 0 Å². The zero-order chi connectivity index (χ0) is 35.1. The van der Waals surface area contributed by atoms with Crippen LogP contribution in [0.25, 0.3) is 72.4 Å². The van der Waals surface area contributed by atoms with Crippen LogP contribution in [0.5, 0.6) is 0 Å². The monoisotopic (exact) mass is 653 g/mol. The summed E-state index contributed by atoms with van der Waals surface area (Å²) in [5, 5.41) is 34.0. The Bertz CT molecular complexity index is 2790. The van der Waals surface area contributed by atoms with Gasteiger partial charge in [-0.15, -0.1) is 0 Å². The maximum Gasteiger partial charge on any atom is 0.101 e. The second-order valence-corrected chi connectivity index (χ2v) is 12.6. The molecule has 51 heavy (non-hydrogen) atoms. The number of benzene rings is 6. The highest BCUT2D eigenvalue weighted by atomic mass is 15.0. The molecule has 0 bridgehead atoms. The summed E-state index contributed by atoms with van der Waals surface area (Å²) in [6.07, 6.45) is 2.67. The molecule has 0 radical (unpaired) electrons. The molecule has 8 aromatic rings. The Balaban J connectivity index is 1.39. The van der Waals surface area contributed by atoms with Crippen LogP contribution >= 0.6 is 0 Å². The van der Waals surface area contributed by atoms with E-state index in [-0.39, 0.29) is 0 Å². The molecule has 5 nitrogen and oxygen atoms in total. The van der Waals surface area contributed by atoms with Crippen molar-refractivity contribution in [2.45, 2.75) is 20.3 Å². The van der Waals surface area contributed by atoms with Crippen LogP contribution < -0.4 is 0 Å². The van der Waals surface area contributed by atoms with Crippen molar-refractivity contribution in [1.82, 2.24) is 9.13 Å². The van der Waals surface area contributed by atoms with Crippen LogP contribution in [0, 0.1) is 40.9 Å². The van der Waals surface area contributed by atoms with Gasteiger partial charge >= 0.3 is 0 Å². The molecule has 6 aromatic carbocycles. The third kappa shape index (κ3) is 4.98. The Kier molecular flexibility index (Phi) is 7.77. The van der Waals surface area contributed by atoms with E-state index >= 15 is 0 Å². The summed E-state index contributed by atoms with van der Waals surface area (Å²) in [5.74, 6) is 0. The van der Waals surface area contributed by atoms with E-state index in [9.17, 15) is 15.8 Å². The van der Waals surface area contributed by atoms with Crippen LogP contribution in [-0.4, -0.2) is 9.13 Å². The van der Waals surface area contributed by atoms with Gasteiger partial charge in [0.1, 0.15) is 12.1 Å². The molecule has 0 aliphatic heterocycles. The second-order valence-electron chi connectivity index (χ2n) is 12.6. The van der Waals surface area contributed by atoms with Gasteiger partial charge < -0.3 is 9.13 Å². The molecule has 240 valence electrons. The fourth-order valence-electron chi connectivity index (χ4n) is 7.50. The standard InChI is InChI=1S/C46H31N5/c1-3-31(27-47)25-40-30(2)50(42-20-9-8-18-38(40)42)34-14-12-13-32(26-34)35-15-4-5-19-39(35)46-41(29-49)33(28-48)23-24-45(46)51-43-21-10-6-16-36(43)37-17-7-11-22-44(37)51/h4-26H,3H2,1-2H3/b31-25+. The normalized spacial score (nSPS) is 11.5. The highest BCUT2D eigenvalue weighted by Gasteiger charge is 2.23. The molecule has 0 atom stereocenters. The second kappa shape index (κ2) is 12.7. The van der Waals surface area contributed by atoms with E-state index in [2.05, 4.69) is 101 Å². The molecule has 0 aliphatic carbocycles. The molecule has 0 spiro atoms. The fraction of sp³-hybridized carbons (Fsp3) is 0.0652. The zero-order valence-corrected chi connectivity index (χ0v) is 28.2. The Labute approximate surface area is 296 Å². The van der Waals surface area contributed by atoms with E-state index in [1.165, 1.54) is 0 Å². The Hall–Kier alpha value is -7.13. The van der Waals surface area contributed by atoms with Crippen LogP contribution in [0.2, 0.25) is 0 Å². The van der Waals surface area contributed by atoms with E-state index in [0.29, 0.717) is 23.1 Å². The number of hydrogen-bond donors (Lipinski definition) is 0. The number of nitrogens with zero attached hydrogens (tertiary/aromatic N) is 5. The third-order valence-corrected chi connectivity index (χ3v) is 9.85. The summed E-state index contributed by atoms with van der Waals surface area (Å²) in [4.78, 5) is 0. The van der Waals surface area contributed by atoms with Gasteiger partial charge in [0, 0.05) is 44.2 Å². The molecule has 8 rings (SSSR count). The highest BCUT2D eigenvalue weighted by Crippen LogP contribution is 2.42. The highest BCUT2D eigenvalue weighted by molar-refractivity contribution is 6.10. The average Bonchev–Trinajstić information content (AvgIpc) is 3.67. The first-order chi connectivity index (χ1) is 25.1. The Morgan fingerprint density at radius 3 is 1.86 bits per heavy atom. The number of hydrogen-bond acceptors (Lipinski definition) is 3. The van der Waals surface area contributed by atoms with Gasteiger partial charge in [0.15, 0.2) is 0 Å². The fourth-order valence-corrected chi connectivity index (χ4v) is 7.50. The van der Waals surface area contributed by atoms with Gasteiger partial charge in [-0.2, -0.15) is 15.8 Å². The quantitative estimate of drug-likeness (QED) is 0.167. The van der Waals surface area contributed by atoms with Gasteiger partial charge in [0.2, 0.25) is 0 Å². The van der Waals surface area contributed by atoms with E-state index in [4.69, 9.17) is 0 Å². The van der Waals surface area contributed by atoms with E-state index in [1.807, 2.05) is 73.7 Å². The van der Waals surface area contributed by atoms with Gasteiger partial charge in [-0.25, -0.2) is 0 Å². The number of allylic oxidation sites excluding steroid dienone is 1. The van der Waals surface area contributed by atoms with E-state index in [0.717, 1.165) is 77.6 Å². The van der Waals surface area contributed by atoms with Crippen molar-refractivity contribution in [3.8, 4) is 51.8 Å². The third-order valence-electron chi connectivity index (χ3n) is 9.85. The van der Waals surface area contributed by atoms with Crippen LogP contribution in [0.1, 0.15) is 35.7 Å². The molecular formula is C46H31N5. The van der Waals surface area contributed by atoms with Gasteiger partial charge in [-0.3, -0.25) is 0 Å². The molecular weight excluding hydrogens is 623 g/mol. The molecule has 0 amide bonds. The van der Waals surface area contributed by atoms with Gasteiger partial charge in [0.25, 0.3) is 0 Å². The lowest BCUT2D eigenvalue weighted by Gasteiger charge is -2.19. The Morgan fingerprint density at radius 1 is 0.627 bits per heavy atom. The summed E-state index contributed by atoms with van der Waals surface area (Å²) < 4.78 is 4.46. The summed E-state index contributed by atoms with van der Waals surface area (Å²) in [6.45, 7) is 4.10. The SMILES string of the molecule is CC/C(C#N)=C\c1c(C)n(-c2cccc(-c3ccccc3-c3c(-n4c5ccccc5c5ccccc54)ccc(C#N)c3C#N)c2)c2ccccc12. The largest absolute Gasteiger partial charge is 0.313 e. The maximum absolute atomic E-state index is 10.7. The molecule has 0 saturated carbocycles. The van der Waals surface area contributed by atoms with Crippen molar-refractivity contribution >= 4 is 38.8 Å². The zero-order valence-electron chi connectivity index (χ0n) is 28.2. The van der Waals surface area contributed by atoms with Crippen LogP contribution in [0.15, 0.2) is 139 Å². The minimum Gasteiger partial charge on any atom is -0.313 e. The lowest BCUT2D eigenvalue weighted by Crippen LogP contribution is -2.02. The smallest absolute Gasteiger partial charge is 0.101 e. The number of fused-ring (bicyclic) bond motifs is 4. The molecule has 2 aromatic heterocycles. The van der Waals surface area contributed by atoms with Crippen LogP contribution in [-0.2, 0) is 0 Å². The van der Waals surface area contributed by atoms with Gasteiger partial charge in [-0.1, -0.05) is 97.9 Å². The molecule has 2 heterocycles. The Morgan fingerprint density at radius 2 is 1.24 bits per heavy atom. The van der Waals surface area contributed by atoms with Crippen molar-refractivity contribution in [1.29, 1.82) is 15.8 Å². The number of rotatable bonds is 6. The topological polar surface area (TPSA) is 81.2 Å². The molecule has 0 unspecified atom stereocenters. The van der Waals surface area contributed by atoms with Crippen molar-refractivity contribution in [2.24, 2.45) is 0 Å². The van der Waals surface area contributed by atoms with Crippen molar-refractivity contribution in [3.63, 3.8) is 0 Å². The van der Waals surface area contributed by atoms with Gasteiger partial charge in [-0.05, 0) is 78.6 Å². The maximum atomic E-state index is 10.7. The van der Waals surface area contributed by atoms with Crippen LogP contribution in [0.3, 0.4) is 0 Å².